The van der Waals surface area contributed by atoms with E-state index in [0.29, 0.717) is 120 Å². The van der Waals surface area contributed by atoms with Crippen molar-refractivity contribution in [3.05, 3.63) is 97.9 Å². The predicted octanol–water partition coefficient (Wildman–Crippen LogP) is 12.4. The molecule has 0 saturated carbocycles. The van der Waals surface area contributed by atoms with Gasteiger partial charge >= 0.3 is 0 Å². The van der Waals surface area contributed by atoms with Gasteiger partial charge in [-0.2, -0.15) is 0 Å². The zero-order valence-electron chi connectivity index (χ0n) is 82.5. The number of carbonyl (C=O) groups excluding carboxylic acids is 10. The molecule has 0 aliphatic heterocycles. The molecule has 1 rings (SSSR count). The molecular formula is C98H183N15O11. The van der Waals surface area contributed by atoms with Gasteiger partial charge in [-0.25, -0.2) is 0 Å². The van der Waals surface area contributed by atoms with E-state index in [9.17, 15) is 53.1 Å². The van der Waals surface area contributed by atoms with Gasteiger partial charge in [0.05, 0.1) is 65.4 Å². The Morgan fingerprint density at radius 2 is 0.484 bits per heavy atom. The topological polar surface area (TPSA) is 441 Å². The molecule has 26 heteroatoms. The molecule has 26 nitrogen and oxygen atoms in total. The Morgan fingerprint density at radius 3 is 0.661 bits per heavy atom. The average molecular weight is 1750 g/mol. The van der Waals surface area contributed by atoms with Crippen LogP contribution in [-0.2, 0) is 54.4 Å². The highest BCUT2D eigenvalue weighted by atomic mass is 16.3. The summed E-state index contributed by atoms with van der Waals surface area (Å²) in [6, 6.07) is 9.45. The maximum Gasteiger partial charge on any atom is 0.153 e. The minimum Gasteiger partial charge on any atom is -0.391 e. The number of carbonyl (C=O) groups is 10. The monoisotopic (exact) mass is 1750 g/mol. The summed E-state index contributed by atoms with van der Waals surface area (Å²) in [5.41, 5.74) is 28.5. The third-order valence-corrected chi connectivity index (χ3v) is 20.6. The van der Waals surface area contributed by atoms with Gasteiger partial charge in [-0.3, -0.25) is 47.9 Å². The van der Waals surface area contributed by atoms with Crippen LogP contribution in [0.2, 0.25) is 0 Å². The Bertz CT molecular complexity index is 2960. The number of hydrogen-bond acceptors (Lipinski definition) is 26. The minimum atomic E-state index is -0.795. The molecule has 1 aromatic rings. The van der Waals surface area contributed by atoms with Gasteiger partial charge in [0.2, 0.25) is 0 Å². The Hall–Kier alpha value is -7.62. The molecule has 0 amide bonds. The second-order valence-corrected chi connectivity index (χ2v) is 37.8. The lowest BCUT2D eigenvalue weighted by molar-refractivity contribution is -0.132. The second kappa shape index (κ2) is 68.6. The number of rotatable bonds is 66. The van der Waals surface area contributed by atoms with Crippen LogP contribution >= 0.6 is 0 Å². The Labute approximate surface area is 752 Å². The molecule has 0 aliphatic rings. The number of hydrogen-bond donors (Lipinski definition) is 16. The van der Waals surface area contributed by atoms with Crippen LogP contribution in [0.5, 0.6) is 0 Å². The van der Waals surface area contributed by atoms with Crippen LogP contribution in [-0.4, -0.2) is 162 Å². The van der Waals surface area contributed by atoms with E-state index in [1.54, 1.807) is 6.92 Å². The minimum absolute atomic E-state index is 0.0595. The van der Waals surface area contributed by atoms with Gasteiger partial charge in [0.15, 0.2) is 28.9 Å². The maximum absolute atomic E-state index is 13.1. The first kappa shape index (κ1) is 123. The fourth-order valence-electron chi connectivity index (χ4n) is 14.4. The van der Waals surface area contributed by atoms with Crippen LogP contribution in [0.1, 0.15) is 289 Å². The van der Waals surface area contributed by atoms with E-state index in [1.165, 1.54) is 0 Å². The predicted molar refractivity (Wildman–Crippen MR) is 514 cm³/mol. The molecule has 0 heterocycles. The summed E-state index contributed by atoms with van der Waals surface area (Å²) in [5.74, 6) is 2.22. The molecule has 124 heavy (non-hydrogen) atoms. The van der Waals surface area contributed by atoms with Gasteiger partial charge in [0.25, 0.3) is 0 Å². The summed E-state index contributed by atoms with van der Waals surface area (Å²) in [6.07, 6.45) is 8.40. The quantitative estimate of drug-likeness (QED) is 0.0269. The summed E-state index contributed by atoms with van der Waals surface area (Å²) < 4.78 is 0. The summed E-state index contributed by atoms with van der Waals surface area (Å²) >= 11 is 0. The maximum atomic E-state index is 13.1. The zero-order chi connectivity index (χ0) is 96.5. The van der Waals surface area contributed by atoms with Crippen LogP contribution in [0.15, 0.2) is 92.3 Å². The van der Waals surface area contributed by atoms with Crippen LogP contribution in [0, 0.1) is 76.9 Å². The zero-order valence-corrected chi connectivity index (χ0v) is 82.5. The Kier molecular flexibility index (Phi) is 67.8. The summed E-state index contributed by atoms with van der Waals surface area (Å²) in [7, 11) is 0. The van der Waals surface area contributed by atoms with Crippen molar-refractivity contribution in [2.24, 2.45) is 106 Å². The first-order valence-corrected chi connectivity index (χ1v) is 46.2. The highest BCUT2D eigenvalue weighted by Gasteiger charge is 2.35. The van der Waals surface area contributed by atoms with Crippen molar-refractivity contribution in [1.82, 2.24) is 53.2 Å². The van der Waals surface area contributed by atoms with Gasteiger partial charge < -0.3 is 86.9 Å². The molecule has 0 spiro atoms. The number of aliphatic hydroxyl groups excluding tert-OH is 1. The highest BCUT2D eigenvalue weighted by molar-refractivity contribution is 5.94. The first-order valence-electron chi connectivity index (χ1n) is 46.2. The summed E-state index contributed by atoms with van der Waals surface area (Å²) in [5, 5.41) is 41.1. The van der Waals surface area contributed by atoms with Crippen molar-refractivity contribution in [3.63, 3.8) is 0 Å². The number of benzene rings is 1. The number of aliphatic hydroxyl groups is 1. The van der Waals surface area contributed by atoms with E-state index in [-0.39, 0.29) is 202 Å². The molecule has 11 atom stereocenters. The molecule has 0 saturated heterocycles. The third-order valence-electron chi connectivity index (χ3n) is 20.6. The van der Waals surface area contributed by atoms with E-state index in [2.05, 4.69) is 86.1 Å². The van der Waals surface area contributed by atoms with Gasteiger partial charge in [-0.1, -0.05) is 243 Å². The molecule has 0 aliphatic carbocycles. The fourth-order valence-corrected chi connectivity index (χ4v) is 14.4. The standard InChI is InChI=1S/C23H37N3O2.3C19H37N3O2.C18H35N3O3/c1-16(2)23(28)20(12-9-13-25-18(5)24)15-22(27)21(26-17(3)4)14-19-10-7-6-8-11-19;3*1-12(2)18(22-14(5)6)17(23)11-16(19(24)13(3)4)9-8-10-21-15(7)20;1-11(2)18(24)15(8-7-9-20-14(6)19)10-16(23)17(13(5)22)21-12(3)4/h6-8,10-11,16-17,20-21,25-26H,5,9,12-15,24H2,1-4H3;3*12-14,16,18,21-22H,7-11,20H2,1-6H3;11-13,15,17,20-22H,6-10,19H2,1-5H3/t20-,21+;3*16-,18+;13?,15-,17+/m11111/s1. The highest BCUT2D eigenvalue weighted by Crippen LogP contribution is 2.26. The van der Waals surface area contributed by atoms with Gasteiger partial charge in [-0.05, 0) is 101 Å². The molecule has 0 fully saturated rings. The van der Waals surface area contributed by atoms with Crippen molar-refractivity contribution in [2.45, 2.75) is 356 Å². The molecule has 0 radical (unpaired) electrons. The van der Waals surface area contributed by atoms with Gasteiger partial charge in [0.1, 0.15) is 28.9 Å². The Morgan fingerprint density at radius 1 is 0.290 bits per heavy atom. The van der Waals surface area contributed by atoms with Crippen LogP contribution in [0.25, 0.3) is 0 Å². The molecule has 1 aromatic carbocycles. The smallest absolute Gasteiger partial charge is 0.153 e. The number of nitrogens with two attached hydrogens (primary N) is 5. The second-order valence-electron chi connectivity index (χ2n) is 37.8. The van der Waals surface area contributed by atoms with E-state index < -0.39 is 12.1 Å². The van der Waals surface area contributed by atoms with E-state index >= 15 is 0 Å². The lowest BCUT2D eigenvalue weighted by Gasteiger charge is -2.26. The van der Waals surface area contributed by atoms with Crippen molar-refractivity contribution in [3.8, 4) is 0 Å². The van der Waals surface area contributed by atoms with Crippen LogP contribution < -0.4 is 81.8 Å². The van der Waals surface area contributed by atoms with E-state index in [4.69, 9.17) is 28.7 Å². The van der Waals surface area contributed by atoms with Gasteiger partial charge in [0, 0.05) is 154 Å². The van der Waals surface area contributed by atoms with E-state index in [0.717, 1.165) is 37.7 Å². The largest absolute Gasteiger partial charge is 0.391 e. The number of ketones is 10. The summed E-state index contributed by atoms with van der Waals surface area (Å²) in [4.78, 5) is 126. The van der Waals surface area contributed by atoms with Crippen LogP contribution in [0.4, 0.5) is 0 Å². The summed E-state index contributed by atoms with van der Waals surface area (Å²) in [6.45, 7) is 74.0. The average Bonchev–Trinajstić information content (AvgIpc) is 0.890. The lowest BCUT2D eigenvalue weighted by atomic mass is 9.84. The molecular weight excluding hydrogens is 1560 g/mol. The molecule has 1 unspecified atom stereocenters. The van der Waals surface area contributed by atoms with Crippen molar-refractivity contribution in [2.75, 3.05) is 32.7 Å². The van der Waals surface area contributed by atoms with Crippen molar-refractivity contribution in [1.29, 1.82) is 0 Å². The van der Waals surface area contributed by atoms with Crippen LogP contribution in [0.3, 0.4) is 0 Å². The van der Waals surface area contributed by atoms with Crippen molar-refractivity contribution < 1.29 is 53.1 Å². The normalized spacial score (nSPS) is 14.1. The fraction of sp³-hybridized carbons (Fsp3) is 0.735. The van der Waals surface area contributed by atoms with Gasteiger partial charge in [-0.15, -0.1) is 0 Å². The number of nitrogens with one attached hydrogen (secondary N) is 10. The molecule has 0 bridgehead atoms. The lowest BCUT2D eigenvalue weighted by Crippen LogP contribution is -2.48. The third kappa shape index (κ3) is 60.9. The van der Waals surface area contributed by atoms with Crippen molar-refractivity contribution >= 4 is 57.8 Å². The first-order chi connectivity index (χ1) is 57.4. The number of Topliss-reactive ketones (excluding diaryl/α,β-unsaturated/α-hetero) is 10. The molecule has 716 valence electrons. The van der Waals surface area contributed by atoms with E-state index in [1.807, 2.05) is 210 Å². The Balaban J connectivity index is -0.000000727. The SMILES string of the molecule is C=C(N)NCCC[C@H](CC(=O)[C@@H](NC(C)C)C(C)C)C(=O)C(C)C.C=C(N)NCCC[C@H](CC(=O)[C@@H](NC(C)C)C(C)C)C(=O)C(C)C.C=C(N)NCCC[C@H](CC(=O)[C@@H](NC(C)C)C(C)C)C(=O)C(C)C.C=C(N)NCCC[C@H](CC(=O)[C@@H](NC(C)C)C(C)O)C(=O)C(C)C.C=C(N)NCCC[C@H](CC(=O)[C@H](Cc1ccccc1)NC(C)C)C(=O)C(C)C. The molecule has 21 N–H and O–H groups in total. The molecule has 0 aromatic heterocycles.